The summed E-state index contributed by atoms with van der Waals surface area (Å²) in [7, 11) is 0. The van der Waals surface area contributed by atoms with Crippen LogP contribution in [-0.4, -0.2) is 6.15 Å². The van der Waals surface area contributed by atoms with Gasteiger partial charge in [-0.2, -0.15) is 9.59 Å². The number of hydrogen-bond donors (Lipinski definition) is 0. The summed E-state index contributed by atoms with van der Waals surface area (Å²) < 4.78 is 0. The van der Waals surface area contributed by atoms with Gasteiger partial charge in [-0.25, -0.2) is 0 Å². The predicted octanol–water partition coefficient (Wildman–Crippen LogP) is 3.71. The van der Waals surface area contributed by atoms with Gasteiger partial charge in [0.1, 0.15) is 0 Å². The molecule has 0 radical (unpaired) electrons. The number of aryl methyl sites for hydroxylation is 1. The number of benzene rings is 1. The molecule has 0 spiro atoms. The van der Waals surface area contributed by atoms with E-state index in [1.54, 1.807) is 11.1 Å². The minimum atomic E-state index is 0.250. The molecule has 1 aliphatic rings. The van der Waals surface area contributed by atoms with Gasteiger partial charge in [-0.05, 0) is 42.7 Å². The third-order valence-corrected chi connectivity index (χ3v) is 3.38. The number of fused-ring (bicyclic) bond motifs is 1. The zero-order chi connectivity index (χ0) is 12.5. The molecule has 1 aliphatic carbocycles. The summed E-state index contributed by atoms with van der Waals surface area (Å²) in [6.45, 7) is 2.30. The van der Waals surface area contributed by atoms with Crippen molar-refractivity contribution in [3.05, 3.63) is 35.4 Å². The second-order valence-corrected chi connectivity index (χ2v) is 4.51. The second-order valence-electron chi connectivity index (χ2n) is 4.51. The van der Waals surface area contributed by atoms with Crippen molar-refractivity contribution in [2.45, 2.75) is 51.4 Å². The Bertz CT molecular complexity index is 365. The normalized spacial score (nSPS) is 18.1. The molecule has 0 saturated heterocycles. The van der Waals surface area contributed by atoms with Crippen LogP contribution in [0.2, 0.25) is 0 Å². The van der Waals surface area contributed by atoms with Gasteiger partial charge < -0.3 is 0 Å². The lowest BCUT2D eigenvalue weighted by atomic mass is 9.89. The Morgan fingerprint density at radius 3 is 2.65 bits per heavy atom. The Kier molecular flexibility index (Phi) is 6.27. The molecule has 1 atom stereocenters. The van der Waals surface area contributed by atoms with Crippen molar-refractivity contribution in [1.29, 1.82) is 0 Å². The van der Waals surface area contributed by atoms with Gasteiger partial charge >= 0.3 is 6.15 Å². The van der Waals surface area contributed by atoms with Gasteiger partial charge in [-0.3, -0.25) is 0 Å². The maximum absolute atomic E-state index is 8.12. The molecule has 2 rings (SSSR count). The van der Waals surface area contributed by atoms with Crippen LogP contribution in [-0.2, 0) is 16.0 Å². The van der Waals surface area contributed by atoms with Gasteiger partial charge in [0.05, 0.1) is 0 Å². The fourth-order valence-corrected chi connectivity index (χ4v) is 2.67. The van der Waals surface area contributed by atoms with Crippen molar-refractivity contribution in [3.63, 3.8) is 0 Å². The van der Waals surface area contributed by atoms with Gasteiger partial charge in [-0.15, -0.1) is 0 Å². The van der Waals surface area contributed by atoms with E-state index in [2.05, 4.69) is 31.2 Å². The van der Waals surface area contributed by atoms with Gasteiger partial charge in [0.2, 0.25) is 0 Å². The molecule has 2 heteroatoms. The summed E-state index contributed by atoms with van der Waals surface area (Å²) >= 11 is 0. The van der Waals surface area contributed by atoms with Crippen LogP contribution in [0.25, 0.3) is 0 Å². The quantitative estimate of drug-likeness (QED) is 0.728. The summed E-state index contributed by atoms with van der Waals surface area (Å²) in [4.78, 5) is 16.2. The minimum Gasteiger partial charge on any atom is -0.186 e. The van der Waals surface area contributed by atoms with Crippen LogP contribution in [0, 0.1) is 0 Å². The third-order valence-electron chi connectivity index (χ3n) is 3.38. The van der Waals surface area contributed by atoms with Gasteiger partial charge in [0.25, 0.3) is 0 Å². The molecule has 0 amide bonds. The summed E-state index contributed by atoms with van der Waals surface area (Å²) in [5, 5.41) is 0. The van der Waals surface area contributed by atoms with E-state index in [-0.39, 0.29) is 6.15 Å². The van der Waals surface area contributed by atoms with E-state index in [1.807, 2.05) is 0 Å². The molecule has 0 saturated carbocycles. The standard InChI is InChI=1S/C14H20.CO2/c1-2-7-12-8-3-4-9-13-10-5-6-11-14(12)13;2-1-3/h5-6,10-12H,2-4,7-9H2,1H3;. The minimum absolute atomic E-state index is 0.250. The monoisotopic (exact) mass is 232 g/mol. The zero-order valence-corrected chi connectivity index (χ0v) is 10.4. The molecule has 0 heterocycles. The number of hydrogen-bond acceptors (Lipinski definition) is 2. The maximum Gasteiger partial charge on any atom is 0.373 e. The Balaban J connectivity index is 0.000000437. The van der Waals surface area contributed by atoms with E-state index in [1.165, 1.54) is 38.5 Å². The topological polar surface area (TPSA) is 34.1 Å². The molecule has 17 heavy (non-hydrogen) atoms. The average molecular weight is 232 g/mol. The summed E-state index contributed by atoms with van der Waals surface area (Å²) in [5.41, 5.74) is 3.26. The van der Waals surface area contributed by atoms with E-state index >= 15 is 0 Å². The lowest BCUT2D eigenvalue weighted by Crippen LogP contribution is -1.99. The maximum atomic E-state index is 8.12. The fourth-order valence-electron chi connectivity index (χ4n) is 2.67. The van der Waals surface area contributed by atoms with Crippen molar-refractivity contribution in [1.82, 2.24) is 0 Å². The highest BCUT2D eigenvalue weighted by Crippen LogP contribution is 2.33. The third kappa shape index (κ3) is 4.16. The first-order valence-electron chi connectivity index (χ1n) is 6.40. The van der Waals surface area contributed by atoms with Gasteiger partial charge in [-0.1, -0.05) is 44.0 Å². The lowest BCUT2D eigenvalue weighted by Gasteiger charge is -2.16. The Labute approximate surface area is 103 Å². The van der Waals surface area contributed by atoms with Crippen LogP contribution >= 0.6 is 0 Å². The molecule has 0 bridgehead atoms. The van der Waals surface area contributed by atoms with Crippen molar-refractivity contribution in [3.8, 4) is 0 Å². The largest absolute Gasteiger partial charge is 0.373 e. The summed E-state index contributed by atoms with van der Waals surface area (Å²) in [5.74, 6) is 0.846. The van der Waals surface area contributed by atoms with Crippen LogP contribution in [0.4, 0.5) is 0 Å². The zero-order valence-electron chi connectivity index (χ0n) is 10.4. The van der Waals surface area contributed by atoms with E-state index in [4.69, 9.17) is 9.59 Å². The molecular weight excluding hydrogens is 212 g/mol. The first kappa shape index (κ1) is 13.7. The highest BCUT2D eigenvalue weighted by atomic mass is 16.2. The first-order chi connectivity index (χ1) is 8.33. The summed E-state index contributed by atoms with van der Waals surface area (Å²) in [6, 6.07) is 9.06. The second kappa shape index (κ2) is 7.81. The Hall–Kier alpha value is -1.40. The van der Waals surface area contributed by atoms with E-state index < -0.39 is 0 Å². The Morgan fingerprint density at radius 1 is 1.24 bits per heavy atom. The number of carbonyl (C=O) groups excluding carboxylic acids is 2. The summed E-state index contributed by atoms with van der Waals surface area (Å²) in [6.07, 6.45) is 8.45. The van der Waals surface area contributed by atoms with E-state index in [0.29, 0.717) is 0 Å². The predicted molar refractivity (Wildman–Crippen MR) is 66.7 cm³/mol. The molecule has 1 aromatic rings. The van der Waals surface area contributed by atoms with E-state index in [9.17, 15) is 0 Å². The molecule has 2 nitrogen and oxygen atoms in total. The molecule has 0 aromatic heterocycles. The van der Waals surface area contributed by atoms with E-state index in [0.717, 1.165) is 5.92 Å². The van der Waals surface area contributed by atoms with Crippen molar-refractivity contribution in [2.75, 3.05) is 0 Å². The molecule has 92 valence electrons. The van der Waals surface area contributed by atoms with Gasteiger partial charge in [0, 0.05) is 0 Å². The Morgan fingerprint density at radius 2 is 1.94 bits per heavy atom. The van der Waals surface area contributed by atoms with Crippen molar-refractivity contribution < 1.29 is 9.59 Å². The molecule has 0 fully saturated rings. The highest BCUT2D eigenvalue weighted by Gasteiger charge is 2.16. The SMILES string of the molecule is CCCC1CCCCc2ccccc21.O=C=O. The number of rotatable bonds is 2. The van der Waals surface area contributed by atoms with Crippen LogP contribution < -0.4 is 0 Å². The molecule has 1 aromatic carbocycles. The molecule has 1 unspecified atom stereocenters. The average Bonchev–Trinajstić information content (AvgIpc) is 2.54. The smallest absolute Gasteiger partial charge is 0.186 e. The van der Waals surface area contributed by atoms with Crippen LogP contribution in [0.1, 0.15) is 56.1 Å². The lowest BCUT2D eigenvalue weighted by molar-refractivity contribution is -0.191. The molecule has 0 N–H and O–H groups in total. The van der Waals surface area contributed by atoms with Crippen LogP contribution in [0.15, 0.2) is 24.3 Å². The van der Waals surface area contributed by atoms with Crippen LogP contribution in [0.3, 0.4) is 0 Å². The van der Waals surface area contributed by atoms with Gasteiger partial charge in [0.15, 0.2) is 0 Å². The fraction of sp³-hybridized carbons (Fsp3) is 0.533. The van der Waals surface area contributed by atoms with Crippen LogP contribution in [0.5, 0.6) is 0 Å². The van der Waals surface area contributed by atoms with Crippen molar-refractivity contribution in [2.24, 2.45) is 0 Å². The molecular formula is C15H20O2. The molecule has 0 aliphatic heterocycles. The van der Waals surface area contributed by atoms with Crippen molar-refractivity contribution >= 4 is 6.15 Å². The first-order valence-corrected chi connectivity index (χ1v) is 6.40. The highest BCUT2D eigenvalue weighted by molar-refractivity contribution is 5.31.